The van der Waals surface area contributed by atoms with Crippen molar-refractivity contribution in [3.8, 4) is 0 Å². The Hall–Kier alpha value is -3.12. The first-order valence-electron chi connectivity index (χ1n) is 24.7. The molecule has 0 spiro atoms. The van der Waals surface area contributed by atoms with Gasteiger partial charge in [-0.2, -0.15) is 0 Å². The number of hydrogen-bond donors (Lipinski definition) is 0. The first kappa shape index (κ1) is 41.2. The number of unbranched alkanes of at least 4 members (excludes halogenated alkanes) is 3. The Morgan fingerprint density at radius 3 is 2.08 bits per heavy atom. The van der Waals surface area contributed by atoms with Gasteiger partial charge in [0.25, 0.3) is 0 Å². The Morgan fingerprint density at radius 2 is 1.41 bits per heavy atom. The van der Waals surface area contributed by atoms with Crippen LogP contribution in [-0.2, 0) is 6.42 Å². The van der Waals surface area contributed by atoms with Crippen LogP contribution in [0.3, 0.4) is 0 Å². The van der Waals surface area contributed by atoms with E-state index < -0.39 is 0 Å². The van der Waals surface area contributed by atoms with Crippen molar-refractivity contribution in [2.45, 2.75) is 188 Å². The molecule has 5 unspecified atom stereocenters. The molecule has 8 aliphatic rings. The Labute approximate surface area is 360 Å². The minimum Gasteiger partial charge on any atom is -0.0983 e. The number of fused-ring (bicyclic) bond motifs is 2. The minimum absolute atomic E-state index is 0. The van der Waals surface area contributed by atoms with E-state index in [9.17, 15) is 0 Å². The van der Waals surface area contributed by atoms with Gasteiger partial charge in [0, 0.05) is 17.8 Å². The Balaban J connectivity index is 0.00000224. The summed E-state index contributed by atoms with van der Waals surface area (Å²) in [4.78, 5) is 0. The van der Waals surface area contributed by atoms with E-state index in [0.717, 1.165) is 11.8 Å². The van der Waals surface area contributed by atoms with Crippen LogP contribution in [0.15, 0.2) is 54.7 Å². The number of aryl methyl sites for hydroxylation is 1. The van der Waals surface area contributed by atoms with E-state index in [1.165, 1.54) is 164 Å². The summed E-state index contributed by atoms with van der Waals surface area (Å²) in [6, 6.07) is 8.07. The summed E-state index contributed by atoms with van der Waals surface area (Å²) >= 11 is 0. The summed E-state index contributed by atoms with van der Waals surface area (Å²) in [7, 11) is 0. The van der Waals surface area contributed by atoms with Crippen molar-refractivity contribution < 1.29 is 0 Å². The van der Waals surface area contributed by atoms with Crippen LogP contribution in [0.4, 0.5) is 0 Å². The van der Waals surface area contributed by atoms with Gasteiger partial charge in [0.1, 0.15) is 0 Å². The van der Waals surface area contributed by atoms with Crippen LogP contribution < -0.4 is 0 Å². The molecule has 0 nitrogen and oxygen atoms in total. The summed E-state index contributed by atoms with van der Waals surface area (Å²) in [6.45, 7) is 15.1. The van der Waals surface area contributed by atoms with E-state index >= 15 is 0 Å². The summed E-state index contributed by atoms with van der Waals surface area (Å²) in [6.07, 6.45) is 39.5. The molecule has 0 aromatic heterocycles. The van der Waals surface area contributed by atoms with Crippen molar-refractivity contribution in [1.82, 2.24) is 0 Å². The average Bonchev–Trinajstić information content (AvgIpc) is 3.77. The Morgan fingerprint density at radius 1 is 0.695 bits per heavy atom. The van der Waals surface area contributed by atoms with Crippen LogP contribution in [-0.4, -0.2) is 0 Å². The zero-order valence-electron chi connectivity index (χ0n) is 35.8. The molecule has 0 aliphatic heterocycles. The lowest BCUT2D eigenvalue weighted by atomic mass is 9.56. The lowest BCUT2D eigenvalue weighted by molar-refractivity contribution is 0.205. The largest absolute Gasteiger partial charge is 0.0983 e. The summed E-state index contributed by atoms with van der Waals surface area (Å²) in [5, 5.41) is 6.49. The van der Waals surface area contributed by atoms with Gasteiger partial charge in [-0.05, 0) is 177 Å². The molecule has 8 aliphatic carbocycles. The van der Waals surface area contributed by atoms with Crippen LogP contribution in [0.25, 0.3) is 44.3 Å². The maximum Gasteiger partial charge on any atom is 0.0247 e. The summed E-state index contributed by atoms with van der Waals surface area (Å²) in [5.74, 6) is 4.90. The van der Waals surface area contributed by atoms with Crippen molar-refractivity contribution in [3.05, 3.63) is 93.6 Å². The quantitative estimate of drug-likeness (QED) is 0.115. The number of allylic oxidation sites excluding steroid dienone is 7. The van der Waals surface area contributed by atoms with Gasteiger partial charge < -0.3 is 0 Å². The highest BCUT2D eigenvalue weighted by Gasteiger charge is 2.47. The van der Waals surface area contributed by atoms with Gasteiger partial charge in [0.15, 0.2) is 0 Å². The highest BCUT2D eigenvalue weighted by atomic mass is 14.5. The van der Waals surface area contributed by atoms with Crippen LogP contribution in [0.2, 0.25) is 0 Å². The highest BCUT2D eigenvalue weighted by molar-refractivity contribution is 6.22. The molecule has 5 atom stereocenters. The lowest BCUT2D eigenvalue weighted by Gasteiger charge is -2.48. The van der Waals surface area contributed by atoms with Crippen LogP contribution >= 0.6 is 0 Å². The Kier molecular flexibility index (Phi) is 11.6. The predicted octanol–water partition coefficient (Wildman–Crippen LogP) is 18.1. The average molecular weight is 787 g/mol. The van der Waals surface area contributed by atoms with Gasteiger partial charge in [-0.3, -0.25) is 0 Å². The molecule has 4 saturated carbocycles. The molecular weight excluding hydrogens is 709 g/mol. The predicted molar refractivity (Wildman–Crippen MR) is 260 cm³/mol. The van der Waals surface area contributed by atoms with Crippen LogP contribution in [0.5, 0.6) is 0 Å². The van der Waals surface area contributed by atoms with Gasteiger partial charge in [0.05, 0.1) is 0 Å². The first-order chi connectivity index (χ1) is 28.1. The maximum atomic E-state index is 5.15. The van der Waals surface area contributed by atoms with Gasteiger partial charge >= 0.3 is 0 Å². The van der Waals surface area contributed by atoms with Gasteiger partial charge in [-0.25, -0.2) is 0 Å². The second-order valence-electron chi connectivity index (χ2n) is 20.6. The van der Waals surface area contributed by atoms with Crippen LogP contribution in [0.1, 0.15) is 221 Å². The standard InChI is InChI=1S/C57H70.2CH4/c1-5-7-8-11-25-40-32-48-51(39-26-18-27-39)50(38-23-14-10-15-24-38)35(4)43-29-31-45-55-46(36-19-16-17-20-36)33-47-41(6-2)49(37-21-12-9-13-22-37)34(3)42-28-30-44(57(55)53(42)47)52(40)56(45)54(43)48;;/h28-33,36-38,41,43,47,49-50H,3-27H2,1-2H3;2*1H4. The Bertz CT molecular complexity index is 2220. The molecule has 59 heavy (non-hydrogen) atoms. The van der Waals surface area contributed by atoms with Crippen molar-refractivity contribution in [2.24, 2.45) is 35.5 Å². The third-order valence-electron chi connectivity index (χ3n) is 17.8. The molecule has 3 aromatic rings. The molecule has 0 bridgehead atoms. The lowest BCUT2D eigenvalue weighted by Crippen LogP contribution is -2.35. The number of rotatable bonds is 9. The minimum atomic E-state index is 0. The van der Waals surface area contributed by atoms with Crippen molar-refractivity contribution in [1.29, 1.82) is 0 Å². The second-order valence-corrected chi connectivity index (χ2v) is 20.6. The zero-order valence-corrected chi connectivity index (χ0v) is 35.8. The molecule has 0 amide bonds. The molecule has 4 fully saturated rings. The van der Waals surface area contributed by atoms with E-state index in [1.807, 2.05) is 0 Å². The SMILES string of the molecule is C.C.C=C1C2C=Cc3c4c5c6c(ccc5c5c(CCCCCC)cc(c2c35)C(=C2CCC2)C1C1CCCCC1)C(=C)C(C1CCCCC1)C(CC)C6C=C4C1CCCC1. The van der Waals surface area contributed by atoms with Crippen molar-refractivity contribution in [3.63, 3.8) is 0 Å². The fraction of sp³-hybridized carbons (Fsp3) is 0.593. The molecule has 0 heteroatoms. The summed E-state index contributed by atoms with van der Waals surface area (Å²) < 4.78 is 0. The molecule has 0 radical (unpaired) electrons. The highest BCUT2D eigenvalue weighted by Crippen LogP contribution is 2.63. The molecule has 11 rings (SSSR count). The zero-order chi connectivity index (χ0) is 38.4. The molecule has 314 valence electrons. The van der Waals surface area contributed by atoms with Gasteiger partial charge in [-0.1, -0.05) is 166 Å². The summed E-state index contributed by atoms with van der Waals surface area (Å²) in [5.41, 5.74) is 19.7. The molecule has 0 saturated heterocycles. The molecule has 0 N–H and O–H groups in total. The maximum absolute atomic E-state index is 5.15. The number of benzene rings is 3. The van der Waals surface area contributed by atoms with E-state index in [1.54, 1.807) is 71.6 Å². The molecule has 0 heterocycles. The van der Waals surface area contributed by atoms with Gasteiger partial charge in [-0.15, -0.1) is 0 Å². The third kappa shape index (κ3) is 6.32. The van der Waals surface area contributed by atoms with Crippen LogP contribution in [0, 0.1) is 35.5 Å². The first-order valence-corrected chi connectivity index (χ1v) is 24.7. The monoisotopic (exact) mass is 787 g/mol. The second kappa shape index (κ2) is 16.6. The molecule has 3 aromatic carbocycles. The van der Waals surface area contributed by atoms with E-state index in [4.69, 9.17) is 13.2 Å². The fourth-order valence-electron chi connectivity index (χ4n) is 15.0. The smallest absolute Gasteiger partial charge is 0.0247 e. The van der Waals surface area contributed by atoms with E-state index in [-0.39, 0.29) is 14.9 Å². The normalized spacial score (nSPS) is 27.8. The van der Waals surface area contributed by atoms with E-state index in [2.05, 4.69) is 50.3 Å². The molecular formula is C59H78. The van der Waals surface area contributed by atoms with Crippen molar-refractivity contribution in [2.75, 3.05) is 0 Å². The van der Waals surface area contributed by atoms with Crippen molar-refractivity contribution >= 4 is 44.3 Å². The van der Waals surface area contributed by atoms with E-state index in [0.29, 0.717) is 35.5 Å². The third-order valence-corrected chi connectivity index (χ3v) is 17.8. The van der Waals surface area contributed by atoms with Gasteiger partial charge in [0.2, 0.25) is 0 Å². The topological polar surface area (TPSA) is 0 Å². The fourth-order valence-corrected chi connectivity index (χ4v) is 15.0. The number of hydrogen-bond acceptors (Lipinski definition) is 0.